The SMILES string of the molecule is OC1c2ccccc2CCC1Oc1cc(F)cc(F)c1. The number of benzene rings is 2. The molecule has 0 radical (unpaired) electrons. The van der Waals surface area contributed by atoms with Gasteiger partial charge in [-0.3, -0.25) is 0 Å². The van der Waals surface area contributed by atoms with Gasteiger partial charge in [-0.25, -0.2) is 8.78 Å². The molecule has 2 nitrogen and oxygen atoms in total. The molecule has 0 spiro atoms. The zero-order valence-corrected chi connectivity index (χ0v) is 10.7. The molecule has 2 unspecified atom stereocenters. The monoisotopic (exact) mass is 276 g/mol. The van der Waals surface area contributed by atoms with Crippen molar-refractivity contribution < 1.29 is 18.6 Å². The van der Waals surface area contributed by atoms with E-state index < -0.39 is 23.8 Å². The third-order valence-corrected chi connectivity index (χ3v) is 3.55. The number of hydrogen-bond donors (Lipinski definition) is 1. The van der Waals surface area contributed by atoms with Gasteiger partial charge in [0.25, 0.3) is 0 Å². The van der Waals surface area contributed by atoms with E-state index in [9.17, 15) is 13.9 Å². The number of aliphatic hydroxyl groups excluding tert-OH is 1. The lowest BCUT2D eigenvalue weighted by molar-refractivity contribution is 0.0227. The second-order valence-electron chi connectivity index (χ2n) is 4.94. The van der Waals surface area contributed by atoms with Crippen LogP contribution in [-0.2, 0) is 6.42 Å². The summed E-state index contributed by atoms with van der Waals surface area (Å²) in [5.74, 6) is -1.28. The van der Waals surface area contributed by atoms with Gasteiger partial charge in [0.2, 0.25) is 0 Å². The average molecular weight is 276 g/mol. The fraction of sp³-hybridized carbons (Fsp3) is 0.250. The van der Waals surface area contributed by atoms with Crippen LogP contribution in [0.1, 0.15) is 23.7 Å². The van der Waals surface area contributed by atoms with Gasteiger partial charge in [-0.2, -0.15) is 0 Å². The van der Waals surface area contributed by atoms with Crippen LogP contribution in [0.4, 0.5) is 8.78 Å². The minimum absolute atomic E-state index is 0.103. The van der Waals surface area contributed by atoms with Crippen LogP contribution in [-0.4, -0.2) is 11.2 Å². The van der Waals surface area contributed by atoms with Crippen molar-refractivity contribution in [1.82, 2.24) is 0 Å². The Balaban J connectivity index is 1.82. The molecule has 0 amide bonds. The van der Waals surface area contributed by atoms with Crippen LogP contribution in [0.2, 0.25) is 0 Å². The van der Waals surface area contributed by atoms with Gasteiger partial charge in [-0.05, 0) is 24.0 Å². The first kappa shape index (κ1) is 13.1. The predicted molar refractivity (Wildman–Crippen MR) is 70.5 cm³/mol. The summed E-state index contributed by atoms with van der Waals surface area (Å²) in [6, 6.07) is 10.6. The van der Waals surface area contributed by atoms with Crippen LogP contribution in [0.15, 0.2) is 42.5 Å². The molecule has 3 rings (SSSR count). The summed E-state index contributed by atoms with van der Waals surface area (Å²) in [5, 5.41) is 10.3. The zero-order chi connectivity index (χ0) is 14.1. The van der Waals surface area contributed by atoms with Crippen molar-refractivity contribution in [2.24, 2.45) is 0 Å². The van der Waals surface area contributed by atoms with E-state index in [1.54, 1.807) is 0 Å². The molecule has 0 saturated heterocycles. The molecule has 0 fully saturated rings. The van der Waals surface area contributed by atoms with Gasteiger partial charge in [0.05, 0.1) is 0 Å². The molecule has 0 heterocycles. The Bertz CT molecular complexity index is 607. The van der Waals surface area contributed by atoms with E-state index >= 15 is 0 Å². The summed E-state index contributed by atoms with van der Waals surface area (Å²) >= 11 is 0. The highest BCUT2D eigenvalue weighted by Gasteiger charge is 2.29. The predicted octanol–water partition coefficient (Wildman–Crippen LogP) is 3.39. The summed E-state index contributed by atoms with van der Waals surface area (Å²) in [4.78, 5) is 0. The van der Waals surface area contributed by atoms with Crippen LogP contribution in [0.25, 0.3) is 0 Å². The average Bonchev–Trinajstić information content (AvgIpc) is 2.41. The number of halogens is 2. The quantitative estimate of drug-likeness (QED) is 0.911. The molecule has 2 aromatic carbocycles. The van der Waals surface area contributed by atoms with Gasteiger partial charge in [0.1, 0.15) is 29.6 Å². The molecular formula is C16H14F2O2. The first-order valence-electron chi connectivity index (χ1n) is 6.52. The molecule has 0 aliphatic heterocycles. The number of aliphatic hydroxyl groups is 1. The molecule has 1 aliphatic carbocycles. The van der Waals surface area contributed by atoms with Crippen molar-refractivity contribution in [2.75, 3.05) is 0 Å². The van der Waals surface area contributed by atoms with Crippen LogP contribution < -0.4 is 4.74 Å². The van der Waals surface area contributed by atoms with Gasteiger partial charge >= 0.3 is 0 Å². The van der Waals surface area contributed by atoms with Crippen LogP contribution in [0, 0.1) is 11.6 Å². The molecule has 2 atom stereocenters. The minimum Gasteiger partial charge on any atom is -0.487 e. The van der Waals surface area contributed by atoms with E-state index in [4.69, 9.17) is 4.74 Å². The van der Waals surface area contributed by atoms with Gasteiger partial charge in [0, 0.05) is 18.2 Å². The smallest absolute Gasteiger partial charge is 0.129 e. The zero-order valence-electron chi connectivity index (χ0n) is 10.7. The normalized spacial score (nSPS) is 21.4. The molecule has 20 heavy (non-hydrogen) atoms. The molecule has 0 saturated carbocycles. The number of aryl methyl sites for hydroxylation is 1. The Hall–Kier alpha value is -1.94. The third-order valence-electron chi connectivity index (χ3n) is 3.55. The van der Waals surface area contributed by atoms with E-state index in [1.807, 2.05) is 24.3 Å². The molecular weight excluding hydrogens is 262 g/mol. The lowest BCUT2D eigenvalue weighted by Gasteiger charge is -2.30. The van der Waals surface area contributed by atoms with E-state index in [-0.39, 0.29) is 5.75 Å². The number of ether oxygens (including phenoxy) is 1. The van der Waals surface area contributed by atoms with E-state index in [2.05, 4.69) is 0 Å². The highest BCUT2D eigenvalue weighted by atomic mass is 19.1. The van der Waals surface area contributed by atoms with Crippen molar-refractivity contribution in [3.63, 3.8) is 0 Å². The van der Waals surface area contributed by atoms with Crippen molar-refractivity contribution in [2.45, 2.75) is 25.0 Å². The lowest BCUT2D eigenvalue weighted by Crippen LogP contribution is -2.30. The second kappa shape index (κ2) is 5.21. The fourth-order valence-electron chi connectivity index (χ4n) is 2.60. The van der Waals surface area contributed by atoms with Crippen molar-refractivity contribution in [1.29, 1.82) is 0 Å². The Morgan fingerprint density at radius 3 is 2.50 bits per heavy atom. The molecule has 4 heteroatoms. The van der Waals surface area contributed by atoms with Gasteiger partial charge in [0.15, 0.2) is 0 Å². The third kappa shape index (κ3) is 2.51. The summed E-state index contributed by atoms with van der Waals surface area (Å²) in [7, 11) is 0. The summed E-state index contributed by atoms with van der Waals surface area (Å²) in [6.45, 7) is 0. The minimum atomic E-state index is -0.786. The number of rotatable bonds is 2. The molecule has 2 aromatic rings. The maximum absolute atomic E-state index is 13.1. The van der Waals surface area contributed by atoms with Gasteiger partial charge in [-0.15, -0.1) is 0 Å². The maximum Gasteiger partial charge on any atom is 0.129 e. The van der Waals surface area contributed by atoms with E-state index in [0.717, 1.165) is 35.7 Å². The summed E-state index contributed by atoms with van der Waals surface area (Å²) in [6.07, 6.45) is 0.101. The topological polar surface area (TPSA) is 29.5 Å². The molecule has 1 aliphatic rings. The number of hydrogen-bond acceptors (Lipinski definition) is 2. The largest absolute Gasteiger partial charge is 0.487 e. The Morgan fingerprint density at radius 1 is 1.05 bits per heavy atom. The first-order valence-corrected chi connectivity index (χ1v) is 6.52. The van der Waals surface area contributed by atoms with Crippen molar-refractivity contribution >= 4 is 0 Å². The Morgan fingerprint density at radius 2 is 1.75 bits per heavy atom. The lowest BCUT2D eigenvalue weighted by atomic mass is 9.87. The fourth-order valence-corrected chi connectivity index (χ4v) is 2.60. The summed E-state index contributed by atoms with van der Waals surface area (Å²) in [5.41, 5.74) is 1.91. The molecule has 0 aromatic heterocycles. The summed E-state index contributed by atoms with van der Waals surface area (Å²) < 4.78 is 31.8. The van der Waals surface area contributed by atoms with Crippen LogP contribution >= 0.6 is 0 Å². The molecule has 104 valence electrons. The molecule has 1 N–H and O–H groups in total. The maximum atomic E-state index is 13.1. The highest BCUT2D eigenvalue weighted by Crippen LogP contribution is 2.32. The Labute approximate surface area is 115 Å². The van der Waals surface area contributed by atoms with Gasteiger partial charge < -0.3 is 9.84 Å². The number of fused-ring (bicyclic) bond motifs is 1. The van der Waals surface area contributed by atoms with Crippen molar-refractivity contribution in [3.8, 4) is 5.75 Å². The van der Waals surface area contributed by atoms with Gasteiger partial charge in [-0.1, -0.05) is 24.3 Å². The standard InChI is InChI=1S/C16H14F2O2/c17-11-7-12(18)9-13(8-11)20-15-6-5-10-3-1-2-4-14(10)16(15)19/h1-4,7-9,15-16,19H,5-6H2. The molecule has 0 bridgehead atoms. The van der Waals surface area contributed by atoms with E-state index in [0.29, 0.717) is 6.42 Å². The first-order chi connectivity index (χ1) is 9.63. The highest BCUT2D eigenvalue weighted by molar-refractivity contribution is 5.33. The van der Waals surface area contributed by atoms with Crippen LogP contribution in [0.3, 0.4) is 0 Å². The second-order valence-corrected chi connectivity index (χ2v) is 4.94. The van der Waals surface area contributed by atoms with Crippen LogP contribution in [0.5, 0.6) is 5.75 Å². The van der Waals surface area contributed by atoms with Crippen molar-refractivity contribution in [3.05, 3.63) is 65.2 Å². The Kier molecular flexibility index (Phi) is 3.40. The van der Waals surface area contributed by atoms with E-state index in [1.165, 1.54) is 0 Å².